The largest absolute Gasteiger partial charge is 0.383 e. The molecule has 0 spiro atoms. The maximum atomic E-state index is 11.7. The standard InChI is InChI=1S/C12H19N5O/c1-4-9-15-10(13)7(2)11(16-9)17-6-5-14-12(18)8(17)3/h8H,4-6H2,1-3H3,(H,14,18)(H2,13,15,16). The molecule has 0 radical (unpaired) electrons. The van der Waals surface area contributed by atoms with Gasteiger partial charge in [-0.2, -0.15) is 0 Å². The summed E-state index contributed by atoms with van der Waals surface area (Å²) < 4.78 is 0. The maximum absolute atomic E-state index is 11.7. The Bertz CT molecular complexity index is 474. The third-order valence-corrected chi connectivity index (χ3v) is 3.29. The van der Waals surface area contributed by atoms with Crippen molar-refractivity contribution in [2.75, 3.05) is 23.7 Å². The Labute approximate surface area is 107 Å². The van der Waals surface area contributed by atoms with Gasteiger partial charge < -0.3 is 16.0 Å². The number of carbonyl (C=O) groups excluding carboxylic acids is 1. The van der Waals surface area contributed by atoms with E-state index in [1.165, 1.54) is 0 Å². The molecule has 1 aromatic rings. The predicted octanol–water partition coefficient (Wildman–Crippen LogP) is 0.254. The molecule has 1 aromatic heterocycles. The SMILES string of the molecule is CCc1nc(N)c(C)c(N2CCNC(=O)C2C)n1. The number of piperazine rings is 1. The number of hydrogen-bond acceptors (Lipinski definition) is 5. The number of nitrogens with two attached hydrogens (primary N) is 1. The molecule has 1 amide bonds. The third-order valence-electron chi connectivity index (χ3n) is 3.29. The van der Waals surface area contributed by atoms with Crippen LogP contribution in [-0.2, 0) is 11.2 Å². The highest BCUT2D eigenvalue weighted by Crippen LogP contribution is 2.24. The number of nitrogens with zero attached hydrogens (tertiary/aromatic N) is 3. The van der Waals surface area contributed by atoms with E-state index in [9.17, 15) is 4.79 Å². The quantitative estimate of drug-likeness (QED) is 0.785. The van der Waals surface area contributed by atoms with Gasteiger partial charge in [0, 0.05) is 25.1 Å². The summed E-state index contributed by atoms with van der Waals surface area (Å²) in [6, 6.07) is -0.226. The van der Waals surface area contributed by atoms with Crippen molar-refractivity contribution in [3.63, 3.8) is 0 Å². The average Bonchev–Trinajstić information content (AvgIpc) is 2.36. The van der Waals surface area contributed by atoms with Crippen LogP contribution in [0, 0.1) is 6.92 Å². The number of hydrogen-bond donors (Lipinski definition) is 2. The molecule has 18 heavy (non-hydrogen) atoms. The lowest BCUT2D eigenvalue weighted by molar-refractivity contribution is -0.122. The van der Waals surface area contributed by atoms with Gasteiger partial charge in [0.1, 0.15) is 23.5 Å². The predicted molar refractivity (Wildman–Crippen MR) is 70.4 cm³/mol. The van der Waals surface area contributed by atoms with Gasteiger partial charge >= 0.3 is 0 Å². The minimum atomic E-state index is -0.226. The number of aryl methyl sites for hydroxylation is 1. The fraction of sp³-hybridized carbons (Fsp3) is 0.583. The fourth-order valence-corrected chi connectivity index (χ4v) is 2.08. The molecule has 3 N–H and O–H groups in total. The molecule has 1 fully saturated rings. The molecule has 1 atom stereocenters. The van der Waals surface area contributed by atoms with Crippen LogP contribution in [0.5, 0.6) is 0 Å². The fourth-order valence-electron chi connectivity index (χ4n) is 2.08. The lowest BCUT2D eigenvalue weighted by Gasteiger charge is -2.34. The summed E-state index contributed by atoms with van der Waals surface area (Å²) in [7, 11) is 0. The summed E-state index contributed by atoms with van der Waals surface area (Å²) in [5.74, 6) is 2.01. The zero-order chi connectivity index (χ0) is 13.3. The van der Waals surface area contributed by atoms with Crippen LogP contribution in [0.3, 0.4) is 0 Å². The number of carbonyl (C=O) groups is 1. The molecule has 0 aliphatic carbocycles. The first-order valence-corrected chi connectivity index (χ1v) is 6.22. The monoisotopic (exact) mass is 249 g/mol. The lowest BCUT2D eigenvalue weighted by atomic mass is 10.1. The molecule has 6 nitrogen and oxygen atoms in total. The van der Waals surface area contributed by atoms with Gasteiger partial charge in [0.25, 0.3) is 0 Å². The van der Waals surface area contributed by atoms with Crippen LogP contribution in [0.1, 0.15) is 25.2 Å². The Morgan fingerprint density at radius 2 is 2.22 bits per heavy atom. The van der Waals surface area contributed by atoms with Crippen LogP contribution in [-0.4, -0.2) is 35.0 Å². The number of aromatic nitrogens is 2. The van der Waals surface area contributed by atoms with Crippen LogP contribution in [0.15, 0.2) is 0 Å². The van der Waals surface area contributed by atoms with E-state index in [1.807, 2.05) is 25.7 Å². The second kappa shape index (κ2) is 4.80. The molecule has 1 saturated heterocycles. The number of nitrogen functional groups attached to an aromatic ring is 1. The first-order chi connectivity index (χ1) is 8.54. The van der Waals surface area contributed by atoms with E-state index in [-0.39, 0.29) is 11.9 Å². The summed E-state index contributed by atoms with van der Waals surface area (Å²) >= 11 is 0. The molecule has 98 valence electrons. The van der Waals surface area contributed by atoms with Crippen molar-refractivity contribution in [2.45, 2.75) is 33.2 Å². The van der Waals surface area contributed by atoms with Crippen LogP contribution < -0.4 is 16.0 Å². The summed E-state index contributed by atoms with van der Waals surface area (Å²) in [6.45, 7) is 7.13. The van der Waals surface area contributed by atoms with Crippen molar-refractivity contribution >= 4 is 17.5 Å². The highest BCUT2D eigenvalue weighted by Gasteiger charge is 2.28. The lowest BCUT2D eigenvalue weighted by Crippen LogP contribution is -2.54. The third kappa shape index (κ3) is 2.10. The van der Waals surface area contributed by atoms with E-state index in [4.69, 9.17) is 5.73 Å². The second-order valence-corrected chi connectivity index (χ2v) is 4.49. The normalized spacial score (nSPS) is 19.8. The zero-order valence-corrected chi connectivity index (χ0v) is 11.0. The van der Waals surface area contributed by atoms with Crippen molar-refractivity contribution in [3.05, 3.63) is 11.4 Å². The van der Waals surface area contributed by atoms with Crippen molar-refractivity contribution < 1.29 is 4.79 Å². The van der Waals surface area contributed by atoms with Gasteiger partial charge in [-0.3, -0.25) is 4.79 Å². The number of nitrogens with one attached hydrogen (secondary N) is 1. The van der Waals surface area contributed by atoms with Gasteiger partial charge in [0.2, 0.25) is 5.91 Å². The van der Waals surface area contributed by atoms with E-state index in [0.29, 0.717) is 18.2 Å². The molecule has 0 saturated carbocycles. The average molecular weight is 249 g/mol. The summed E-state index contributed by atoms with van der Waals surface area (Å²) in [5, 5.41) is 2.84. The maximum Gasteiger partial charge on any atom is 0.242 e. The van der Waals surface area contributed by atoms with Crippen LogP contribution in [0.4, 0.5) is 11.6 Å². The zero-order valence-electron chi connectivity index (χ0n) is 11.0. The van der Waals surface area contributed by atoms with E-state index in [0.717, 1.165) is 24.3 Å². The Hall–Kier alpha value is -1.85. The summed E-state index contributed by atoms with van der Waals surface area (Å²) in [5.41, 5.74) is 6.75. The van der Waals surface area contributed by atoms with Crippen LogP contribution >= 0.6 is 0 Å². The molecule has 1 aliphatic heterocycles. The highest BCUT2D eigenvalue weighted by molar-refractivity contribution is 5.86. The molecule has 6 heteroatoms. The van der Waals surface area contributed by atoms with Crippen molar-refractivity contribution in [2.24, 2.45) is 0 Å². The van der Waals surface area contributed by atoms with Crippen LogP contribution in [0.25, 0.3) is 0 Å². The number of anilines is 2. The summed E-state index contributed by atoms with van der Waals surface area (Å²) in [4.78, 5) is 22.4. The Kier molecular flexibility index (Phi) is 3.36. The van der Waals surface area contributed by atoms with E-state index in [1.54, 1.807) is 0 Å². The van der Waals surface area contributed by atoms with E-state index < -0.39 is 0 Å². The first kappa shape index (κ1) is 12.6. The second-order valence-electron chi connectivity index (χ2n) is 4.49. The Balaban J connectivity index is 2.43. The minimum Gasteiger partial charge on any atom is -0.383 e. The van der Waals surface area contributed by atoms with Crippen molar-refractivity contribution in [1.29, 1.82) is 0 Å². The summed E-state index contributed by atoms with van der Waals surface area (Å²) in [6.07, 6.45) is 0.728. The molecule has 2 rings (SSSR count). The van der Waals surface area contributed by atoms with Gasteiger partial charge in [-0.15, -0.1) is 0 Å². The smallest absolute Gasteiger partial charge is 0.242 e. The van der Waals surface area contributed by atoms with Gasteiger partial charge in [0.05, 0.1) is 0 Å². The van der Waals surface area contributed by atoms with Gasteiger partial charge in [-0.25, -0.2) is 9.97 Å². The van der Waals surface area contributed by atoms with Gasteiger partial charge in [-0.1, -0.05) is 6.92 Å². The number of amides is 1. The van der Waals surface area contributed by atoms with Gasteiger partial charge in [0.15, 0.2) is 0 Å². The van der Waals surface area contributed by atoms with Crippen LogP contribution in [0.2, 0.25) is 0 Å². The Morgan fingerprint density at radius 1 is 1.50 bits per heavy atom. The van der Waals surface area contributed by atoms with Gasteiger partial charge in [-0.05, 0) is 13.8 Å². The topological polar surface area (TPSA) is 84.1 Å². The molecule has 2 heterocycles. The number of rotatable bonds is 2. The molecule has 0 aromatic carbocycles. The minimum absolute atomic E-state index is 0.0240. The molecule has 1 unspecified atom stereocenters. The molecular weight excluding hydrogens is 230 g/mol. The molecule has 0 bridgehead atoms. The first-order valence-electron chi connectivity index (χ1n) is 6.22. The molecule has 1 aliphatic rings. The highest BCUT2D eigenvalue weighted by atomic mass is 16.2. The van der Waals surface area contributed by atoms with E-state index >= 15 is 0 Å². The van der Waals surface area contributed by atoms with Crippen molar-refractivity contribution in [3.8, 4) is 0 Å². The Morgan fingerprint density at radius 3 is 2.89 bits per heavy atom. The van der Waals surface area contributed by atoms with E-state index in [2.05, 4.69) is 15.3 Å². The molecular formula is C12H19N5O. The van der Waals surface area contributed by atoms with Crippen molar-refractivity contribution in [1.82, 2.24) is 15.3 Å².